The van der Waals surface area contributed by atoms with Crippen molar-refractivity contribution in [2.45, 2.75) is 39.3 Å². The lowest BCUT2D eigenvalue weighted by Crippen LogP contribution is -2.53. The van der Waals surface area contributed by atoms with Crippen LogP contribution in [-0.4, -0.2) is 35.0 Å². The molecule has 1 rings (SSSR count). The highest BCUT2D eigenvalue weighted by molar-refractivity contribution is 5.90. The van der Waals surface area contributed by atoms with Crippen molar-refractivity contribution in [3.8, 4) is 0 Å². The Balaban J connectivity index is 2.65. The predicted molar refractivity (Wildman–Crippen MR) is 82.2 cm³/mol. The van der Waals surface area contributed by atoms with E-state index in [1.54, 1.807) is 13.8 Å². The monoisotopic (exact) mass is 306 g/mol. The van der Waals surface area contributed by atoms with Gasteiger partial charge < -0.3 is 15.7 Å². The van der Waals surface area contributed by atoms with Crippen molar-refractivity contribution < 1.29 is 19.5 Å². The second kappa shape index (κ2) is 8.17. The zero-order chi connectivity index (χ0) is 16.7. The van der Waals surface area contributed by atoms with E-state index in [2.05, 4.69) is 10.6 Å². The molecular weight excluding hydrogens is 284 g/mol. The van der Waals surface area contributed by atoms with E-state index >= 15 is 0 Å². The molecule has 0 spiro atoms. The van der Waals surface area contributed by atoms with Crippen molar-refractivity contribution in [1.82, 2.24) is 10.6 Å². The Hall–Kier alpha value is -2.37. The fraction of sp³-hybridized carbons (Fsp3) is 0.438. The van der Waals surface area contributed by atoms with Gasteiger partial charge >= 0.3 is 5.97 Å². The second-order valence-electron chi connectivity index (χ2n) is 5.52. The third-order valence-electron chi connectivity index (χ3n) is 3.20. The number of benzene rings is 1. The summed E-state index contributed by atoms with van der Waals surface area (Å²) in [5, 5.41) is 13.9. The van der Waals surface area contributed by atoms with Crippen LogP contribution in [0.4, 0.5) is 0 Å². The number of carboxylic acids is 1. The van der Waals surface area contributed by atoms with Gasteiger partial charge in [0.1, 0.15) is 12.1 Å². The SMILES string of the molecule is CC(C)C(NC(=O)Cc1ccccc1)C(=O)N[C@H](C)C(=O)O. The molecule has 0 aromatic heterocycles. The minimum Gasteiger partial charge on any atom is -0.480 e. The largest absolute Gasteiger partial charge is 0.480 e. The van der Waals surface area contributed by atoms with E-state index in [1.807, 2.05) is 30.3 Å². The Labute approximate surface area is 129 Å². The molecule has 0 saturated heterocycles. The predicted octanol–water partition coefficient (Wildman–Crippen LogP) is 0.959. The van der Waals surface area contributed by atoms with Crippen molar-refractivity contribution in [2.75, 3.05) is 0 Å². The molecular formula is C16H22N2O4. The standard InChI is InChI=1S/C16H22N2O4/c1-10(2)14(15(20)17-11(3)16(21)22)18-13(19)9-12-7-5-4-6-8-12/h4-8,10-11,14H,9H2,1-3H3,(H,17,20)(H,18,19)(H,21,22)/t11-,14?/m1/s1. The van der Waals surface area contributed by atoms with E-state index in [4.69, 9.17) is 5.11 Å². The molecule has 2 amide bonds. The first-order valence-corrected chi connectivity index (χ1v) is 7.17. The molecule has 22 heavy (non-hydrogen) atoms. The third-order valence-corrected chi connectivity index (χ3v) is 3.20. The average Bonchev–Trinajstić information content (AvgIpc) is 2.45. The number of hydrogen-bond acceptors (Lipinski definition) is 3. The maximum atomic E-state index is 12.1. The third kappa shape index (κ3) is 5.55. The molecule has 6 heteroatoms. The van der Waals surface area contributed by atoms with Gasteiger partial charge in [0.15, 0.2) is 0 Å². The maximum Gasteiger partial charge on any atom is 0.325 e. The molecule has 1 unspecified atom stereocenters. The van der Waals surface area contributed by atoms with Crippen LogP contribution in [0.2, 0.25) is 0 Å². The molecule has 120 valence electrons. The molecule has 0 radical (unpaired) electrons. The molecule has 0 fully saturated rings. The summed E-state index contributed by atoms with van der Waals surface area (Å²) in [6.45, 7) is 4.96. The van der Waals surface area contributed by atoms with Crippen LogP contribution in [0.25, 0.3) is 0 Å². The first-order valence-electron chi connectivity index (χ1n) is 7.17. The van der Waals surface area contributed by atoms with Crippen molar-refractivity contribution in [1.29, 1.82) is 0 Å². The molecule has 1 aromatic carbocycles. The van der Waals surface area contributed by atoms with Gasteiger partial charge in [-0.1, -0.05) is 44.2 Å². The summed E-state index contributed by atoms with van der Waals surface area (Å²) in [7, 11) is 0. The molecule has 0 aliphatic heterocycles. The Morgan fingerprint density at radius 3 is 2.14 bits per heavy atom. The van der Waals surface area contributed by atoms with Gasteiger partial charge in [-0.2, -0.15) is 0 Å². The number of carbonyl (C=O) groups excluding carboxylic acids is 2. The lowest BCUT2D eigenvalue weighted by atomic mass is 10.0. The molecule has 6 nitrogen and oxygen atoms in total. The zero-order valence-corrected chi connectivity index (χ0v) is 13.0. The molecule has 0 bridgehead atoms. The fourth-order valence-electron chi connectivity index (χ4n) is 1.91. The van der Waals surface area contributed by atoms with E-state index in [0.717, 1.165) is 5.56 Å². The summed E-state index contributed by atoms with van der Waals surface area (Å²) >= 11 is 0. The summed E-state index contributed by atoms with van der Waals surface area (Å²) in [5.41, 5.74) is 0.849. The number of rotatable bonds is 7. The van der Waals surface area contributed by atoms with E-state index in [-0.39, 0.29) is 18.2 Å². The van der Waals surface area contributed by atoms with Crippen molar-refractivity contribution in [2.24, 2.45) is 5.92 Å². The Morgan fingerprint density at radius 2 is 1.64 bits per heavy atom. The molecule has 0 aliphatic rings. The smallest absolute Gasteiger partial charge is 0.325 e. The number of carbonyl (C=O) groups is 3. The topological polar surface area (TPSA) is 95.5 Å². The van der Waals surface area contributed by atoms with E-state index in [0.29, 0.717) is 0 Å². The van der Waals surface area contributed by atoms with Crippen LogP contribution in [0.1, 0.15) is 26.3 Å². The van der Waals surface area contributed by atoms with Crippen LogP contribution in [0.3, 0.4) is 0 Å². The van der Waals surface area contributed by atoms with Gasteiger partial charge in [0.2, 0.25) is 11.8 Å². The highest BCUT2D eigenvalue weighted by Gasteiger charge is 2.26. The van der Waals surface area contributed by atoms with Crippen molar-refractivity contribution >= 4 is 17.8 Å². The van der Waals surface area contributed by atoms with Gasteiger partial charge in [0.05, 0.1) is 6.42 Å². The Morgan fingerprint density at radius 1 is 1.05 bits per heavy atom. The summed E-state index contributed by atoms with van der Waals surface area (Å²) in [4.78, 5) is 34.9. The molecule has 2 atom stereocenters. The van der Waals surface area contributed by atoms with E-state index in [1.165, 1.54) is 6.92 Å². The van der Waals surface area contributed by atoms with E-state index in [9.17, 15) is 14.4 Å². The van der Waals surface area contributed by atoms with Gasteiger partial charge in [0.25, 0.3) is 0 Å². The molecule has 0 heterocycles. The van der Waals surface area contributed by atoms with Gasteiger partial charge in [0, 0.05) is 0 Å². The van der Waals surface area contributed by atoms with Crippen molar-refractivity contribution in [3.05, 3.63) is 35.9 Å². The maximum absolute atomic E-state index is 12.1. The number of hydrogen-bond donors (Lipinski definition) is 3. The summed E-state index contributed by atoms with van der Waals surface area (Å²) in [5.74, 6) is -2.04. The minimum absolute atomic E-state index is 0.152. The van der Waals surface area contributed by atoms with Gasteiger partial charge in [-0.15, -0.1) is 0 Å². The van der Waals surface area contributed by atoms with Crippen LogP contribution in [0.5, 0.6) is 0 Å². The summed E-state index contributed by atoms with van der Waals surface area (Å²) in [6.07, 6.45) is 0.172. The van der Waals surface area contributed by atoms with Crippen molar-refractivity contribution in [3.63, 3.8) is 0 Å². The quantitative estimate of drug-likeness (QED) is 0.699. The fourth-order valence-corrected chi connectivity index (χ4v) is 1.91. The van der Waals surface area contributed by atoms with Crippen LogP contribution in [0, 0.1) is 5.92 Å². The average molecular weight is 306 g/mol. The number of amides is 2. The first kappa shape index (κ1) is 17.7. The lowest BCUT2D eigenvalue weighted by molar-refractivity contribution is -0.141. The highest BCUT2D eigenvalue weighted by atomic mass is 16.4. The Kier molecular flexibility index (Phi) is 6.56. The summed E-state index contributed by atoms with van der Waals surface area (Å²) < 4.78 is 0. The van der Waals surface area contributed by atoms with Crippen LogP contribution >= 0.6 is 0 Å². The number of aliphatic carboxylic acids is 1. The number of carboxylic acid groups (broad SMARTS) is 1. The summed E-state index contributed by atoms with van der Waals surface area (Å²) in [6, 6.07) is 7.43. The second-order valence-corrected chi connectivity index (χ2v) is 5.52. The van der Waals surface area contributed by atoms with Crippen LogP contribution in [0.15, 0.2) is 30.3 Å². The lowest BCUT2D eigenvalue weighted by Gasteiger charge is -2.23. The zero-order valence-electron chi connectivity index (χ0n) is 13.0. The molecule has 3 N–H and O–H groups in total. The van der Waals surface area contributed by atoms with Gasteiger partial charge in [-0.05, 0) is 18.4 Å². The number of nitrogens with one attached hydrogen (secondary N) is 2. The normalized spacial score (nSPS) is 13.3. The Bertz CT molecular complexity index is 528. The highest BCUT2D eigenvalue weighted by Crippen LogP contribution is 2.05. The first-order chi connectivity index (χ1) is 10.3. The van der Waals surface area contributed by atoms with Gasteiger partial charge in [-0.3, -0.25) is 14.4 Å². The van der Waals surface area contributed by atoms with Crippen LogP contribution in [-0.2, 0) is 20.8 Å². The molecule has 0 saturated carbocycles. The van der Waals surface area contributed by atoms with Crippen LogP contribution < -0.4 is 10.6 Å². The molecule has 0 aliphatic carbocycles. The molecule has 1 aromatic rings. The minimum atomic E-state index is -1.12. The van der Waals surface area contributed by atoms with E-state index < -0.39 is 24.0 Å². The van der Waals surface area contributed by atoms with Gasteiger partial charge in [-0.25, -0.2) is 0 Å².